The zero-order valence-corrected chi connectivity index (χ0v) is 11.3. The molecule has 1 aromatic carbocycles. The van der Waals surface area contributed by atoms with Crippen LogP contribution in [0.4, 0.5) is 18.9 Å². The topological polar surface area (TPSA) is 58.2 Å². The molecule has 2 N–H and O–H groups in total. The lowest BCUT2D eigenvalue weighted by Gasteiger charge is -2.25. The molecule has 0 aromatic heterocycles. The highest BCUT2D eigenvalue weighted by Crippen LogP contribution is 2.18. The van der Waals surface area contributed by atoms with Crippen LogP contribution >= 0.6 is 0 Å². The summed E-state index contributed by atoms with van der Waals surface area (Å²) in [4.78, 5) is 22.8. The Balaban J connectivity index is 2.77. The van der Waals surface area contributed by atoms with Gasteiger partial charge in [-0.05, 0) is 38.5 Å². The van der Waals surface area contributed by atoms with E-state index in [2.05, 4.69) is 5.32 Å². The van der Waals surface area contributed by atoms with E-state index in [1.54, 1.807) is 23.5 Å². The Morgan fingerprint density at radius 2 is 1.70 bits per heavy atom. The van der Waals surface area contributed by atoms with E-state index < -0.39 is 23.5 Å². The molecule has 0 fully saturated rings. The number of hydrogen-bond acceptors (Lipinski definition) is 2. The molecular weight excluding hydrogens is 273 g/mol. The van der Waals surface area contributed by atoms with E-state index in [0.29, 0.717) is 5.69 Å². The van der Waals surface area contributed by atoms with Crippen molar-refractivity contribution in [1.82, 2.24) is 5.32 Å². The molecule has 0 saturated carbocycles. The largest absolute Gasteiger partial charge is 0.471 e. The summed E-state index contributed by atoms with van der Waals surface area (Å²) in [5.41, 5.74) is -0.347. The Morgan fingerprint density at radius 3 is 2.20 bits per heavy atom. The molecule has 110 valence electrons. The van der Waals surface area contributed by atoms with Crippen LogP contribution in [0, 0.1) is 6.92 Å². The quantitative estimate of drug-likeness (QED) is 0.897. The minimum atomic E-state index is -5.03. The van der Waals surface area contributed by atoms with Crippen molar-refractivity contribution in [3.05, 3.63) is 29.8 Å². The number of rotatable bonds is 3. The fourth-order valence-electron chi connectivity index (χ4n) is 1.42. The zero-order valence-electron chi connectivity index (χ0n) is 11.3. The number of aryl methyl sites for hydroxylation is 1. The van der Waals surface area contributed by atoms with Gasteiger partial charge in [0.15, 0.2) is 0 Å². The minimum absolute atomic E-state index is 0.448. The van der Waals surface area contributed by atoms with Gasteiger partial charge in [-0.25, -0.2) is 0 Å². The van der Waals surface area contributed by atoms with Gasteiger partial charge in [0.25, 0.3) is 0 Å². The number of hydrogen-bond donors (Lipinski definition) is 2. The number of carbonyl (C=O) groups is 2. The molecule has 0 saturated heterocycles. The normalized spacial score (nSPS) is 11.9. The lowest BCUT2D eigenvalue weighted by Crippen LogP contribution is -2.55. The molecule has 0 aliphatic heterocycles. The van der Waals surface area contributed by atoms with Crippen LogP contribution in [-0.4, -0.2) is 23.5 Å². The number of alkyl halides is 3. The smallest absolute Gasteiger partial charge is 0.334 e. The van der Waals surface area contributed by atoms with E-state index in [9.17, 15) is 22.8 Å². The van der Waals surface area contributed by atoms with E-state index in [1.165, 1.54) is 13.8 Å². The number of nitrogens with one attached hydrogen (secondary N) is 2. The molecule has 2 amide bonds. The van der Waals surface area contributed by atoms with Crippen molar-refractivity contribution < 1.29 is 22.8 Å². The van der Waals surface area contributed by atoms with Gasteiger partial charge >= 0.3 is 12.1 Å². The lowest BCUT2D eigenvalue weighted by molar-refractivity contribution is -0.175. The number of anilines is 1. The lowest BCUT2D eigenvalue weighted by atomic mass is 10.0. The van der Waals surface area contributed by atoms with Crippen molar-refractivity contribution in [1.29, 1.82) is 0 Å². The van der Waals surface area contributed by atoms with Crippen LogP contribution in [0.5, 0.6) is 0 Å². The average Bonchev–Trinajstić information content (AvgIpc) is 2.26. The maximum atomic E-state index is 12.2. The molecule has 7 heteroatoms. The SMILES string of the molecule is Cc1cccc(NC(=O)C(C)(C)NC(=O)C(F)(F)F)c1. The van der Waals surface area contributed by atoms with E-state index in [-0.39, 0.29) is 0 Å². The monoisotopic (exact) mass is 288 g/mol. The Labute approximate surface area is 114 Å². The Hall–Kier alpha value is -2.05. The van der Waals surface area contributed by atoms with Crippen molar-refractivity contribution in [2.24, 2.45) is 0 Å². The first-order valence-corrected chi connectivity index (χ1v) is 5.80. The van der Waals surface area contributed by atoms with Crippen LogP contribution in [0.15, 0.2) is 24.3 Å². The summed E-state index contributed by atoms with van der Waals surface area (Å²) in [6, 6.07) is 6.78. The van der Waals surface area contributed by atoms with Gasteiger partial charge in [0.2, 0.25) is 5.91 Å². The summed E-state index contributed by atoms with van der Waals surface area (Å²) < 4.78 is 36.5. The number of halogens is 3. The Kier molecular flexibility index (Phi) is 4.42. The van der Waals surface area contributed by atoms with Crippen LogP contribution < -0.4 is 10.6 Å². The van der Waals surface area contributed by atoms with Gasteiger partial charge in [0.05, 0.1) is 0 Å². The van der Waals surface area contributed by atoms with E-state index in [4.69, 9.17) is 0 Å². The van der Waals surface area contributed by atoms with Gasteiger partial charge in [0.1, 0.15) is 5.54 Å². The maximum absolute atomic E-state index is 12.2. The number of amides is 2. The summed E-state index contributed by atoms with van der Waals surface area (Å²) in [5, 5.41) is 4.11. The van der Waals surface area contributed by atoms with Crippen LogP contribution in [0.25, 0.3) is 0 Å². The number of benzene rings is 1. The van der Waals surface area contributed by atoms with Crippen LogP contribution in [0.1, 0.15) is 19.4 Å². The standard InChI is InChI=1S/C13H15F3N2O2/c1-8-5-4-6-9(7-8)17-10(19)12(2,3)18-11(20)13(14,15)16/h4-7H,1-3H3,(H,17,19)(H,18,20). The van der Waals surface area contributed by atoms with Gasteiger partial charge in [0, 0.05) is 5.69 Å². The fourth-order valence-corrected chi connectivity index (χ4v) is 1.42. The predicted octanol–water partition coefficient (Wildman–Crippen LogP) is 2.39. The van der Waals surface area contributed by atoms with Crippen molar-refractivity contribution in [3.8, 4) is 0 Å². The molecule has 0 heterocycles. The molecule has 20 heavy (non-hydrogen) atoms. The summed E-state index contributed by atoms with van der Waals surface area (Å²) in [7, 11) is 0. The first-order valence-electron chi connectivity index (χ1n) is 5.80. The predicted molar refractivity (Wildman–Crippen MR) is 68.1 cm³/mol. The highest BCUT2D eigenvalue weighted by molar-refractivity contribution is 6.00. The highest BCUT2D eigenvalue weighted by Gasteiger charge is 2.43. The van der Waals surface area contributed by atoms with Crippen LogP contribution in [0.3, 0.4) is 0 Å². The highest BCUT2D eigenvalue weighted by atomic mass is 19.4. The third kappa shape index (κ3) is 4.25. The molecule has 1 aromatic rings. The van der Waals surface area contributed by atoms with Crippen molar-refractivity contribution in [2.75, 3.05) is 5.32 Å². The van der Waals surface area contributed by atoms with Crippen LogP contribution in [-0.2, 0) is 9.59 Å². The van der Waals surface area contributed by atoms with Gasteiger partial charge in [-0.2, -0.15) is 13.2 Å². The van der Waals surface area contributed by atoms with E-state index in [0.717, 1.165) is 5.56 Å². The molecule has 4 nitrogen and oxygen atoms in total. The molecule has 0 bridgehead atoms. The Morgan fingerprint density at radius 1 is 1.10 bits per heavy atom. The second kappa shape index (κ2) is 5.52. The van der Waals surface area contributed by atoms with E-state index in [1.807, 2.05) is 13.0 Å². The summed E-state index contributed by atoms with van der Waals surface area (Å²) in [6.07, 6.45) is -5.03. The van der Waals surface area contributed by atoms with Gasteiger partial charge in [-0.1, -0.05) is 12.1 Å². The van der Waals surface area contributed by atoms with Gasteiger partial charge < -0.3 is 10.6 Å². The summed E-state index contributed by atoms with van der Waals surface area (Å²) in [6.45, 7) is 4.20. The second-order valence-electron chi connectivity index (χ2n) is 4.90. The third-order valence-corrected chi connectivity index (χ3v) is 2.53. The first kappa shape index (κ1) is 16.0. The average molecular weight is 288 g/mol. The molecule has 0 unspecified atom stereocenters. The second-order valence-corrected chi connectivity index (χ2v) is 4.90. The van der Waals surface area contributed by atoms with Crippen molar-refractivity contribution in [3.63, 3.8) is 0 Å². The summed E-state index contributed by atoms with van der Waals surface area (Å²) in [5.74, 6) is -2.89. The molecule has 0 spiro atoms. The Bertz CT molecular complexity index is 525. The fraction of sp³-hybridized carbons (Fsp3) is 0.385. The first-order chi connectivity index (χ1) is 9.02. The maximum Gasteiger partial charge on any atom is 0.471 e. The minimum Gasteiger partial charge on any atom is -0.334 e. The van der Waals surface area contributed by atoms with Gasteiger partial charge in [-0.15, -0.1) is 0 Å². The van der Waals surface area contributed by atoms with Crippen LogP contribution in [0.2, 0.25) is 0 Å². The van der Waals surface area contributed by atoms with E-state index >= 15 is 0 Å². The third-order valence-electron chi connectivity index (χ3n) is 2.53. The summed E-state index contributed by atoms with van der Waals surface area (Å²) >= 11 is 0. The number of carbonyl (C=O) groups excluding carboxylic acids is 2. The molecule has 1 rings (SSSR count). The molecule has 0 aliphatic carbocycles. The molecule has 0 radical (unpaired) electrons. The van der Waals surface area contributed by atoms with Gasteiger partial charge in [-0.3, -0.25) is 9.59 Å². The molecule has 0 atom stereocenters. The zero-order chi connectivity index (χ0) is 15.6. The van der Waals surface area contributed by atoms with Crippen molar-refractivity contribution in [2.45, 2.75) is 32.5 Å². The molecular formula is C13H15F3N2O2. The van der Waals surface area contributed by atoms with Crippen molar-refractivity contribution >= 4 is 17.5 Å². The molecule has 0 aliphatic rings.